The SMILES string of the molecule is CC1(C)CCCCC1Nc1ncc(Cl)cc1N. The molecule has 1 saturated carbocycles. The molecule has 2 rings (SSSR count). The second-order valence-corrected chi connectivity index (χ2v) is 5.96. The van der Waals surface area contributed by atoms with E-state index in [4.69, 9.17) is 17.3 Å². The first-order valence-corrected chi connectivity index (χ1v) is 6.54. The summed E-state index contributed by atoms with van der Waals surface area (Å²) in [6.07, 6.45) is 6.65. The Morgan fingerprint density at radius 2 is 2.24 bits per heavy atom. The van der Waals surface area contributed by atoms with E-state index in [1.165, 1.54) is 25.7 Å². The average molecular weight is 254 g/mol. The predicted octanol–water partition coefficient (Wildman–Crippen LogP) is 3.70. The van der Waals surface area contributed by atoms with E-state index in [0.29, 0.717) is 22.2 Å². The largest absolute Gasteiger partial charge is 0.396 e. The van der Waals surface area contributed by atoms with Gasteiger partial charge in [0.15, 0.2) is 0 Å². The third-order valence-electron chi connectivity index (χ3n) is 3.70. The van der Waals surface area contributed by atoms with Crippen LogP contribution in [0.25, 0.3) is 0 Å². The monoisotopic (exact) mass is 253 g/mol. The van der Waals surface area contributed by atoms with Gasteiger partial charge in [-0.1, -0.05) is 38.3 Å². The van der Waals surface area contributed by atoms with E-state index in [0.717, 1.165) is 5.82 Å². The van der Waals surface area contributed by atoms with Crippen molar-refractivity contribution in [3.05, 3.63) is 17.3 Å². The van der Waals surface area contributed by atoms with Crippen LogP contribution >= 0.6 is 11.6 Å². The van der Waals surface area contributed by atoms with Crippen molar-refractivity contribution < 1.29 is 0 Å². The van der Waals surface area contributed by atoms with E-state index in [1.807, 2.05) is 0 Å². The van der Waals surface area contributed by atoms with Crippen LogP contribution in [0.5, 0.6) is 0 Å². The van der Waals surface area contributed by atoms with Crippen molar-refractivity contribution in [1.29, 1.82) is 0 Å². The molecule has 0 bridgehead atoms. The van der Waals surface area contributed by atoms with E-state index < -0.39 is 0 Å². The smallest absolute Gasteiger partial charge is 0.149 e. The zero-order valence-electron chi connectivity index (χ0n) is 10.5. The number of hydrogen-bond donors (Lipinski definition) is 2. The third kappa shape index (κ3) is 2.83. The number of pyridine rings is 1. The highest BCUT2D eigenvalue weighted by Gasteiger charge is 2.32. The Balaban J connectivity index is 2.14. The van der Waals surface area contributed by atoms with Crippen molar-refractivity contribution in [2.24, 2.45) is 5.41 Å². The Bertz CT molecular complexity index is 404. The second-order valence-electron chi connectivity index (χ2n) is 5.52. The first-order valence-electron chi connectivity index (χ1n) is 6.16. The topological polar surface area (TPSA) is 50.9 Å². The lowest BCUT2D eigenvalue weighted by Crippen LogP contribution is -2.39. The van der Waals surface area contributed by atoms with Gasteiger partial charge in [-0.25, -0.2) is 4.98 Å². The number of nitrogens with zero attached hydrogens (tertiary/aromatic N) is 1. The highest BCUT2D eigenvalue weighted by Crippen LogP contribution is 2.37. The fourth-order valence-corrected chi connectivity index (χ4v) is 2.67. The van der Waals surface area contributed by atoms with E-state index in [9.17, 15) is 0 Å². The first kappa shape index (κ1) is 12.5. The van der Waals surface area contributed by atoms with Gasteiger partial charge >= 0.3 is 0 Å². The van der Waals surface area contributed by atoms with Gasteiger partial charge in [-0.05, 0) is 24.3 Å². The highest BCUT2D eigenvalue weighted by molar-refractivity contribution is 6.30. The third-order valence-corrected chi connectivity index (χ3v) is 3.91. The second kappa shape index (κ2) is 4.73. The Kier molecular flexibility index (Phi) is 3.48. The molecule has 1 aliphatic rings. The summed E-state index contributed by atoms with van der Waals surface area (Å²) in [5.41, 5.74) is 6.84. The normalized spacial score (nSPS) is 23.4. The van der Waals surface area contributed by atoms with Gasteiger partial charge < -0.3 is 11.1 Å². The van der Waals surface area contributed by atoms with Gasteiger partial charge in [0.05, 0.1) is 10.7 Å². The molecule has 0 aromatic carbocycles. The fraction of sp³-hybridized carbons (Fsp3) is 0.615. The minimum atomic E-state index is 0.298. The number of nitrogen functional groups attached to an aromatic ring is 1. The van der Waals surface area contributed by atoms with Crippen molar-refractivity contribution in [3.8, 4) is 0 Å². The molecule has 1 aromatic rings. The van der Waals surface area contributed by atoms with Crippen LogP contribution < -0.4 is 11.1 Å². The van der Waals surface area contributed by atoms with Gasteiger partial charge in [-0.15, -0.1) is 0 Å². The molecule has 1 aliphatic carbocycles. The number of nitrogens with one attached hydrogen (secondary N) is 1. The Labute approximate surface area is 108 Å². The molecular weight excluding hydrogens is 234 g/mol. The number of halogens is 1. The van der Waals surface area contributed by atoms with Gasteiger partial charge in [-0.3, -0.25) is 0 Å². The molecular formula is C13H20ClN3. The van der Waals surface area contributed by atoms with E-state index >= 15 is 0 Å². The standard InChI is InChI=1S/C13H20ClN3/c1-13(2)6-4-3-5-11(13)17-12-10(15)7-9(14)8-16-12/h7-8,11H,3-6,15H2,1-2H3,(H,16,17). The molecule has 0 saturated heterocycles. The lowest BCUT2D eigenvalue weighted by atomic mass is 9.73. The predicted molar refractivity (Wildman–Crippen MR) is 73.3 cm³/mol. The molecule has 0 amide bonds. The van der Waals surface area contributed by atoms with Crippen LogP contribution in [0.3, 0.4) is 0 Å². The zero-order chi connectivity index (χ0) is 12.5. The van der Waals surface area contributed by atoms with Crippen LogP contribution in [0.2, 0.25) is 5.02 Å². The molecule has 0 aliphatic heterocycles. The number of aromatic nitrogens is 1. The van der Waals surface area contributed by atoms with Crippen LogP contribution in [0, 0.1) is 5.41 Å². The maximum Gasteiger partial charge on any atom is 0.149 e. The molecule has 1 fully saturated rings. The zero-order valence-corrected chi connectivity index (χ0v) is 11.2. The van der Waals surface area contributed by atoms with Gasteiger partial charge in [0.2, 0.25) is 0 Å². The first-order chi connectivity index (χ1) is 7.99. The van der Waals surface area contributed by atoms with Crippen LogP contribution in [-0.4, -0.2) is 11.0 Å². The van der Waals surface area contributed by atoms with Crippen molar-refractivity contribution in [2.45, 2.75) is 45.6 Å². The number of nitrogens with two attached hydrogens (primary N) is 1. The molecule has 1 aromatic heterocycles. The van der Waals surface area contributed by atoms with Gasteiger partial charge in [0.1, 0.15) is 5.82 Å². The fourth-order valence-electron chi connectivity index (χ4n) is 2.50. The van der Waals surface area contributed by atoms with Crippen LogP contribution in [-0.2, 0) is 0 Å². The van der Waals surface area contributed by atoms with Gasteiger partial charge in [-0.2, -0.15) is 0 Å². The summed E-state index contributed by atoms with van der Waals surface area (Å²) >= 11 is 5.85. The van der Waals surface area contributed by atoms with Crippen molar-refractivity contribution in [2.75, 3.05) is 11.1 Å². The molecule has 4 heteroatoms. The lowest BCUT2D eigenvalue weighted by Gasteiger charge is -2.39. The molecule has 0 radical (unpaired) electrons. The van der Waals surface area contributed by atoms with Gasteiger partial charge in [0, 0.05) is 12.2 Å². The number of rotatable bonds is 2. The summed E-state index contributed by atoms with van der Waals surface area (Å²) in [7, 11) is 0. The average Bonchev–Trinajstić information content (AvgIpc) is 2.24. The van der Waals surface area contributed by atoms with Crippen molar-refractivity contribution >= 4 is 23.1 Å². The highest BCUT2D eigenvalue weighted by atomic mass is 35.5. The van der Waals surface area contributed by atoms with Gasteiger partial charge in [0.25, 0.3) is 0 Å². The molecule has 0 spiro atoms. The van der Waals surface area contributed by atoms with Crippen LogP contribution in [0.1, 0.15) is 39.5 Å². The summed E-state index contributed by atoms with van der Waals surface area (Å²) < 4.78 is 0. The summed E-state index contributed by atoms with van der Waals surface area (Å²) in [6.45, 7) is 4.60. The maximum atomic E-state index is 5.92. The maximum absolute atomic E-state index is 5.92. The number of anilines is 2. The Morgan fingerprint density at radius 1 is 1.47 bits per heavy atom. The molecule has 94 valence electrons. The Morgan fingerprint density at radius 3 is 2.88 bits per heavy atom. The van der Waals surface area contributed by atoms with E-state index in [-0.39, 0.29) is 0 Å². The lowest BCUT2D eigenvalue weighted by molar-refractivity contribution is 0.217. The molecule has 17 heavy (non-hydrogen) atoms. The molecule has 1 unspecified atom stereocenters. The summed E-state index contributed by atoms with van der Waals surface area (Å²) in [5, 5.41) is 4.05. The quantitative estimate of drug-likeness (QED) is 0.845. The molecule has 3 nitrogen and oxygen atoms in total. The van der Waals surface area contributed by atoms with Crippen LogP contribution in [0.4, 0.5) is 11.5 Å². The van der Waals surface area contributed by atoms with E-state index in [2.05, 4.69) is 24.1 Å². The molecule has 1 atom stereocenters. The molecule has 1 heterocycles. The molecule has 3 N–H and O–H groups in total. The number of hydrogen-bond acceptors (Lipinski definition) is 3. The minimum absolute atomic E-state index is 0.298. The van der Waals surface area contributed by atoms with Crippen LogP contribution in [0.15, 0.2) is 12.3 Å². The summed E-state index contributed by atoms with van der Waals surface area (Å²) in [6, 6.07) is 2.18. The summed E-state index contributed by atoms with van der Waals surface area (Å²) in [4.78, 5) is 4.27. The summed E-state index contributed by atoms with van der Waals surface area (Å²) in [5.74, 6) is 0.759. The van der Waals surface area contributed by atoms with E-state index in [1.54, 1.807) is 12.3 Å². The Hall–Kier alpha value is -0.960. The van der Waals surface area contributed by atoms with Crippen molar-refractivity contribution in [1.82, 2.24) is 4.98 Å². The minimum Gasteiger partial charge on any atom is -0.396 e. The van der Waals surface area contributed by atoms with Crippen molar-refractivity contribution in [3.63, 3.8) is 0 Å².